The highest BCUT2D eigenvalue weighted by Crippen LogP contribution is 2.34. The number of hydrogen-bond donors (Lipinski definition) is 1. The maximum absolute atomic E-state index is 13.0. The Labute approximate surface area is 190 Å². The van der Waals surface area contributed by atoms with Crippen LogP contribution in [0.1, 0.15) is 36.6 Å². The van der Waals surface area contributed by atoms with Crippen molar-refractivity contribution in [2.75, 3.05) is 16.8 Å². The van der Waals surface area contributed by atoms with E-state index >= 15 is 0 Å². The summed E-state index contributed by atoms with van der Waals surface area (Å²) in [6.07, 6.45) is -4.66. The summed E-state index contributed by atoms with van der Waals surface area (Å²) in [5.74, 6) is -2.85. The molecule has 0 saturated carbocycles. The minimum absolute atomic E-state index is 0.0175. The Bertz CT molecular complexity index is 1270. The fraction of sp³-hybridized carbons (Fsp3) is 0.0833. The maximum atomic E-state index is 13.0. The summed E-state index contributed by atoms with van der Waals surface area (Å²) in [7, 11) is 0. The lowest BCUT2D eigenvalue weighted by Gasteiger charge is -2.14. The lowest BCUT2D eigenvalue weighted by atomic mass is 10.1. The van der Waals surface area contributed by atoms with E-state index in [1.165, 1.54) is 36.4 Å². The van der Waals surface area contributed by atoms with Gasteiger partial charge >= 0.3 is 12.1 Å². The minimum Gasteiger partial charge on any atom is -0.452 e. The molecule has 7 nitrogen and oxygen atoms in total. The number of ether oxygens (including phenoxy) is 1. The lowest BCUT2D eigenvalue weighted by Crippen LogP contribution is -2.29. The number of nitrogens with one attached hydrogen (secondary N) is 1. The maximum Gasteiger partial charge on any atom is 0.418 e. The fourth-order valence-corrected chi connectivity index (χ4v) is 3.41. The molecule has 3 aromatic rings. The zero-order valence-corrected chi connectivity index (χ0v) is 17.3. The van der Waals surface area contributed by atoms with Crippen molar-refractivity contribution < 1.29 is 37.1 Å². The van der Waals surface area contributed by atoms with Gasteiger partial charge in [0.15, 0.2) is 6.61 Å². The van der Waals surface area contributed by atoms with E-state index in [0.717, 1.165) is 17.0 Å². The molecule has 0 bridgehead atoms. The SMILES string of the molecule is O=C(COC(=O)c1ccc(N2C(=O)c3ccccc3C2=O)cc1)Nc1ccccc1C(F)(F)F. The van der Waals surface area contributed by atoms with Crippen LogP contribution in [-0.4, -0.2) is 30.3 Å². The molecule has 0 spiro atoms. The largest absolute Gasteiger partial charge is 0.452 e. The molecule has 0 saturated heterocycles. The van der Waals surface area contributed by atoms with E-state index in [9.17, 15) is 32.3 Å². The molecule has 1 heterocycles. The Hall–Kier alpha value is -4.47. The third-order valence-electron chi connectivity index (χ3n) is 5.00. The smallest absolute Gasteiger partial charge is 0.418 e. The van der Waals surface area contributed by atoms with Crippen LogP contribution in [0.25, 0.3) is 0 Å². The number of anilines is 2. The van der Waals surface area contributed by atoms with Crippen LogP contribution in [0.4, 0.5) is 24.5 Å². The van der Waals surface area contributed by atoms with Crippen LogP contribution in [0, 0.1) is 0 Å². The van der Waals surface area contributed by atoms with Gasteiger partial charge in [0, 0.05) is 0 Å². The third-order valence-corrected chi connectivity index (χ3v) is 5.00. The average Bonchev–Trinajstić information content (AvgIpc) is 3.07. The van der Waals surface area contributed by atoms with Crippen molar-refractivity contribution in [2.24, 2.45) is 0 Å². The number of fused-ring (bicyclic) bond motifs is 1. The number of carbonyl (C=O) groups excluding carboxylic acids is 4. The van der Waals surface area contributed by atoms with Gasteiger partial charge in [-0.25, -0.2) is 9.69 Å². The van der Waals surface area contributed by atoms with Crippen LogP contribution in [-0.2, 0) is 15.7 Å². The van der Waals surface area contributed by atoms with Gasteiger partial charge in [-0.05, 0) is 48.5 Å². The molecule has 10 heteroatoms. The second kappa shape index (κ2) is 8.81. The summed E-state index contributed by atoms with van der Waals surface area (Å²) < 4.78 is 43.9. The van der Waals surface area contributed by atoms with Crippen molar-refractivity contribution in [3.63, 3.8) is 0 Å². The first-order valence-electron chi connectivity index (χ1n) is 9.88. The fourth-order valence-electron chi connectivity index (χ4n) is 3.41. The molecular weight excluding hydrogens is 453 g/mol. The van der Waals surface area contributed by atoms with Crippen molar-refractivity contribution in [3.05, 3.63) is 95.1 Å². The van der Waals surface area contributed by atoms with E-state index in [2.05, 4.69) is 5.32 Å². The Morgan fingerprint density at radius 1 is 0.824 bits per heavy atom. The van der Waals surface area contributed by atoms with Gasteiger partial charge in [-0.15, -0.1) is 0 Å². The first-order chi connectivity index (χ1) is 16.2. The first kappa shape index (κ1) is 22.7. The number of benzene rings is 3. The van der Waals surface area contributed by atoms with Gasteiger partial charge in [0.1, 0.15) is 0 Å². The number of halogens is 3. The standard InChI is InChI=1S/C24H15F3N2O5/c25-24(26,27)18-7-3-4-8-19(18)28-20(30)13-34-23(33)14-9-11-15(12-10-14)29-21(31)16-5-1-2-6-17(16)22(29)32/h1-12H,13H2,(H,28,30). The summed E-state index contributed by atoms with van der Waals surface area (Å²) in [4.78, 5) is 50.3. The van der Waals surface area contributed by atoms with Crippen molar-refractivity contribution >= 4 is 35.1 Å². The molecule has 0 fully saturated rings. The summed E-state index contributed by atoms with van der Waals surface area (Å²) >= 11 is 0. The van der Waals surface area contributed by atoms with Gasteiger partial charge in [-0.1, -0.05) is 24.3 Å². The molecule has 1 aliphatic heterocycles. The number of amides is 3. The Kier molecular flexibility index (Phi) is 5.89. The molecule has 0 atom stereocenters. The summed E-state index contributed by atoms with van der Waals surface area (Å²) in [6.45, 7) is -0.814. The Balaban J connectivity index is 1.39. The Morgan fingerprint density at radius 2 is 1.38 bits per heavy atom. The number of imide groups is 1. The molecule has 1 aliphatic rings. The van der Waals surface area contributed by atoms with Crippen molar-refractivity contribution in [3.8, 4) is 0 Å². The summed E-state index contributed by atoms with van der Waals surface area (Å²) in [5.41, 5.74) is -0.684. The van der Waals surface area contributed by atoms with E-state index in [1.807, 2.05) is 0 Å². The first-order valence-corrected chi connectivity index (χ1v) is 9.88. The highest BCUT2D eigenvalue weighted by molar-refractivity contribution is 6.34. The second-order valence-corrected chi connectivity index (χ2v) is 7.21. The average molecular weight is 468 g/mol. The van der Waals surface area contributed by atoms with Crippen LogP contribution in [0.15, 0.2) is 72.8 Å². The highest BCUT2D eigenvalue weighted by atomic mass is 19.4. The molecule has 3 aromatic carbocycles. The lowest BCUT2D eigenvalue weighted by molar-refractivity contribution is -0.137. The van der Waals surface area contributed by atoms with Crippen molar-refractivity contribution in [1.29, 1.82) is 0 Å². The Morgan fingerprint density at radius 3 is 1.97 bits per heavy atom. The van der Waals surface area contributed by atoms with Crippen molar-refractivity contribution in [2.45, 2.75) is 6.18 Å². The third kappa shape index (κ3) is 4.38. The summed E-state index contributed by atoms with van der Waals surface area (Å²) in [6, 6.07) is 16.1. The van der Waals surface area contributed by atoms with Gasteiger partial charge in [-0.2, -0.15) is 13.2 Å². The van der Waals surface area contributed by atoms with E-state index in [0.29, 0.717) is 0 Å². The van der Waals surface area contributed by atoms with Gasteiger partial charge in [0.05, 0.1) is 33.6 Å². The van der Waals surface area contributed by atoms with Crippen molar-refractivity contribution in [1.82, 2.24) is 0 Å². The zero-order valence-electron chi connectivity index (χ0n) is 17.3. The van der Waals surface area contributed by atoms with Crippen LogP contribution in [0.5, 0.6) is 0 Å². The topological polar surface area (TPSA) is 92.8 Å². The van der Waals surface area contributed by atoms with E-state index < -0.39 is 47.7 Å². The van der Waals surface area contributed by atoms with Crippen LogP contribution in [0.2, 0.25) is 0 Å². The molecular formula is C24H15F3N2O5. The highest BCUT2D eigenvalue weighted by Gasteiger charge is 2.36. The van der Waals surface area contributed by atoms with E-state index in [-0.39, 0.29) is 22.4 Å². The monoisotopic (exact) mass is 468 g/mol. The van der Waals surface area contributed by atoms with Crippen LogP contribution in [0.3, 0.4) is 0 Å². The molecule has 0 aromatic heterocycles. The van der Waals surface area contributed by atoms with Gasteiger partial charge in [0.25, 0.3) is 17.7 Å². The molecule has 4 rings (SSSR count). The number of para-hydroxylation sites is 1. The van der Waals surface area contributed by atoms with Gasteiger partial charge in [-0.3, -0.25) is 14.4 Å². The molecule has 3 amide bonds. The molecule has 1 N–H and O–H groups in total. The molecule has 34 heavy (non-hydrogen) atoms. The zero-order chi connectivity index (χ0) is 24.5. The van der Waals surface area contributed by atoms with Gasteiger partial charge < -0.3 is 10.1 Å². The molecule has 0 unspecified atom stereocenters. The van der Waals surface area contributed by atoms with E-state index in [4.69, 9.17) is 4.74 Å². The van der Waals surface area contributed by atoms with Crippen LogP contribution >= 0.6 is 0 Å². The number of alkyl halides is 3. The number of carbonyl (C=O) groups is 4. The van der Waals surface area contributed by atoms with Gasteiger partial charge in [0.2, 0.25) is 0 Å². The number of hydrogen-bond acceptors (Lipinski definition) is 5. The number of rotatable bonds is 5. The summed E-state index contributed by atoms with van der Waals surface area (Å²) in [5, 5.41) is 2.07. The number of nitrogens with zero attached hydrogens (tertiary/aromatic N) is 1. The predicted molar refractivity (Wildman–Crippen MR) is 114 cm³/mol. The second-order valence-electron chi connectivity index (χ2n) is 7.21. The molecule has 172 valence electrons. The minimum atomic E-state index is -4.66. The molecule has 0 aliphatic carbocycles. The quantitative estimate of drug-likeness (QED) is 0.445. The molecule has 0 radical (unpaired) electrons. The number of esters is 1. The van der Waals surface area contributed by atoms with E-state index in [1.54, 1.807) is 24.3 Å². The normalized spacial score (nSPS) is 13.0. The van der Waals surface area contributed by atoms with Crippen LogP contribution < -0.4 is 10.2 Å². The predicted octanol–water partition coefficient (Wildman–Crippen LogP) is 4.30.